The zero-order valence-electron chi connectivity index (χ0n) is 18.8. The summed E-state index contributed by atoms with van der Waals surface area (Å²) in [4.78, 5) is 19.6. The molecule has 33 heavy (non-hydrogen) atoms. The van der Waals surface area contributed by atoms with E-state index in [1.807, 2.05) is 47.4 Å². The van der Waals surface area contributed by atoms with E-state index in [2.05, 4.69) is 42.7 Å². The number of benzene rings is 3. The molecule has 1 atom stereocenters. The number of rotatable bonds is 6. The van der Waals surface area contributed by atoms with E-state index in [0.29, 0.717) is 31.1 Å². The van der Waals surface area contributed by atoms with Crippen molar-refractivity contribution in [2.24, 2.45) is 0 Å². The molecule has 0 N–H and O–H groups in total. The van der Waals surface area contributed by atoms with Gasteiger partial charge in [-0.15, -0.1) is 0 Å². The van der Waals surface area contributed by atoms with Gasteiger partial charge in [0, 0.05) is 29.6 Å². The summed E-state index contributed by atoms with van der Waals surface area (Å²) in [5.74, 6) is 1.93. The summed E-state index contributed by atoms with van der Waals surface area (Å²) in [6.07, 6.45) is 0.434. The van der Waals surface area contributed by atoms with E-state index in [0.717, 1.165) is 28.3 Å². The largest absolute Gasteiger partial charge is 0.492 e. The predicted molar refractivity (Wildman–Crippen MR) is 132 cm³/mol. The van der Waals surface area contributed by atoms with Gasteiger partial charge in [0.2, 0.25) is 5.91 Å². The van der Waals surface area contributed by atoms with Crippen LogP contribution in [0.25, 0.3) is 11.0 Å². The van der Waals surface area contributed by atoms with E-state index in [-0.39, 0.29) is 11.8 Å². The number of hydrogen-bond acceptors (Lipinski definition) is 3. The minimum Gasteiger partial charge on any atom is -0.492 e. The number of imidazole rings is 1. The third-order valence-electron chi connectivity index (χ3n) is 6.09. The van der Waals surface area contributed by atoms with Gasteiger partial charge in [-0.3, -0.25) is 4.79 Å². The molecule has 0 spiro atoms. The van der Waals surface area contributed by atoms with Crippen molar-refractivity contribution in [3.05, 3.63) is 88.7 Å². The fraction of sp³-hybridized carbons (Fsp3) is 0.259. The minimum absolute atomic E-state index is 0.0155. The SMILES string of the molecule is Cc1cc(C)cc(OCCn2c([C@H]3CC(=O)N(c4ccc(Cl)cc4)C3)nc3ccccc32)c1. The first kappa shape index (κ1) is 21.5. The molecule has 0 unspecified atom stereocenters. The lowest BCUT2D eigenvalue weighted by Crippen LogP contribution is -2.24. The lowest BCUT2D eigenvalue weighted by Gasteiger charge is -2.18. The summed E-state index contributed by atoms with van der Waals surface area (Å²) in [6, 6.07) is 21.8. The van der Waals surface area contributed by atoms with Gasteiger partial charge >= 0.3 is 0 Å². The van der Waals surface area contributed by atoms with Crippen molar-refractivity contribution in [2.45, 2.75) is 32.7 Å². The van der Waals surface area contributed by atoms with Crippen LogP contribution in [0.4, 0.5) is 5.69 Å². The molecule has 1 fully saturated rings. The van der Waals surface area contributed by atoms with Gasteiger partial charge in [-0.2, -0.15) is 0 Å². The van der Waals surface area contributed by atoms with Crippen LogP contribution < -0.4 is 9.64 Å². The maximum Gasteiger partial charge on any atom is 0.227 e. The first-order valence-corrected chi connectivity index (χ1v) is 11.6. The highest BCUT2D eigenvalue weighted by molar-refractivity contribution is 6.30. The quantitative estimate of drug-likeness (QED) is 0.360. The van der Waals surface area contributed by atoms with Gasteiger partial charge in [-0.25, -0.2) is 4.98 Å². The van der Waals surface area contributed by atoms with Crippen molar-refractivity contribution in [3.8, 4) is 5.75 Å². The molecule has 4 aromatic rings. The molecule has 168 valence electrons. The number of carbonyl (C=O) groups is 1. The van der Waals surface area contributed by atoms with E-state index in [4.69, 9.17) is 21.3 Å². The van der Waals surface area contributed by atoms with Crippen molar-refractivity contribution < 1.29 is 9.53 Å². The number of carbonyl (C=O) groups excluding carboxylic acids is 1. The second kappa shape index (κ2) is 8.91. The molecular formula is C27H26ClN3O2. The summed E-state index contributed by atoms with van der Waals surface area (Å²) in [7, 11) is 0. The summed E-state index contributed by atoms with van der Waals surface area (Å²) in [5, 5.41) is 0.660. The number of amides is 1. The van der Waals surface area contributed by atoms with E-state index >= 15 is 0 Å². The molecule has 1 aliphatic heterocycles. The van der Waals surface area contributed by atoms with Gasteiger partial charge in [0.25, 0.3) is 0 Å². The predicted octanol–water partition coefficient (Wildman–Crippen LogP) is 5.91. The van der Waals surface area contributed by atoms with Crippen LogP contribution in [-0.4, -0.2) is 28.6 Å². The summed E-state index contributed by atoms with van der Waals surface area (Å²) in [6.45, 7) is 5.93. The number of halogens is 1. The molecule has 2 heterocycles. The maximum absolute atomic E-state index is 12.9. The van der Waals surface area contributed by atoms with Crippen molar-refractivity contribution >= 4 is 34.2 Å². The molecule has 6 heteroatoms. The fourth-order valence-corrected chi connectivity index (χ4v) is 4.79. The topological polar surface area (TPSA) is 47.4 Å². The number of fused-ring (bicyclic) bond motifs is 1. The van der Waals surface area contributed by atoms with E-state index in [1.54, 1.807) is 0 Å². The smallest absolute Gasteiger partial charge is 0.227 e. The van der Waals surface area contributed by atoms with Crippen molar-refractivity contribution in [1.29, 1.82) is 0 Å². The minimum atomic E-state index is 0.0155. The Bertz CT molecular complexity index is 1290. The van der Waals surface area contributed by atoms with Crippen molar-refractivity contribution in [2.75, 3.05) is 18.1 Å². The Balaban J connectivity index is 1.40. The van der Waals surface area contributed by atoms with Gasteiger partial charge in [-0.1, -0.05) is 29.8 Å². The molecule has 1 aromatic heterocycles. The number of hydrogen-bond donors (Lipinski definition) is 0. The van der Waals surface area contributed by atoms with E-state index in [9.17, 15) is 4.79 Å². The van der Waals surface area contributed by atoms with Gasteiger partial charge in [0.05, 0.1) is 17.6 Å². The normalized spacial score (nSPS) is 16.0. The number of ether oxygens (including phenoxy) is 1. The first-order valence-electron chi connectivity index (χ1n) is 11.2. The molecule has 1 aliphatic rings. The van der Waals surface area contributed by atoms with Gasteiger partial charge in [0.15, 0.2) is 0 Å². The Labute approximate surface area is 198 Å². The van der Waals surface area contributed by atoms with Crippen LogP contribution in [0.1, 0.15) is 29.3 Å². The highest BCUT2D eigenvalue weighted by Gasteiger charge is 2.34. The summed E-state index contributed by atoms with van der Waals surface area (Å²) in [5.41, 5.74) is 5.24. The number of aryl methyl sites for hydroxylation is 2. The molecule has 5 nitrogen and oxygen atoms in total. The average molecular weight is 460 g/mol. The molecule has 1 saturated heterocycles. The first-order chi connectivity index (χ1) is 16.0. The summed E-state index contributed by atoms with van der Waals surface area (Å²) < 4.78 is 8.30. The molecule has 0 radical (unpaired) electrons. The Morgan fingerprint density at radius 2 is 1.76 bits per heavy atom. The van der Waals surface area contributed by atoms with E-state index in [1.165, 1.54) is 11.1 Å². The summed E-state index contributed by atoms with van der Waals surface area (Å²) >= 11 is 6.03. The number of nitrogens with zero attached hydrogens (tertiary/aromatic N) is 3. The Morgan fingerprint density at radius 3 is 2.52 bits per heavy atom. The van der Waals surface area contributed by atoms with Crippen molar-refractivity contribution in [3.63, 3.8) is 0 Å². The Kier molecular flexibility index (Phi) is 5.81. The Morgan fingerprint density at radius 1 is 1.03 bits per heavy atom. The molecule has 5 rings (SSSR count). The fourth-order valence-electron chi connectivity index (χ4n) is 4.66. The molecule has 0 bridgehead atoms. The number of aromatic nitrogens is 2. The van der Waals surface area contributed by atoms with Crippen molar-refractivity contribution in [1.82, 2.24) is 9.55 Å². The standard InChI is InChI=1S/C27H26ClN3O2/c1-18-13-19(2)15-23(14-18)33-12-11-30-25-6-4-3-5-24(25)29-27(30)20-16-26(32)31(17-20)22-9-7-21(28)8-10-22/h3-10,13-15,20H,11-12,16-17H2,1-2H3/t20-/m0/s1. The van der Waals surface area contributed by atoms with Crippen LogP contribution in [0.5, 0.6) is 5.75 Å². The average Bonchev–Trinajstić information content (AvgIpc) is 3.34. The van der Waals surface area contributed by atoms with Crippen LogP contribution in [0.3, 0.4) is 0 Å². The van der Waals surface area contributed by atoms with Gasteiger partial charge < -0.3 is 14.2 Å². The zero-order valence-corrected chi connectivity index (χ0v) is 19.5. The monoisotopic (exact) mass is 459 g/mol. The lowest BCUT2D eigenvalue weighted by atomic mass is 10.1. The van der Waals surface area contributed by atoms with E-state index < -0.39 is 0 Å². The highest BCUT2D eigenvalue weighted by atomic mass is 35.5. The number of para-hydroxylation sites is 2. The highest BCUT2D eigenvalue weighted by Crippen LogP contribution is 2.33. The van der Waals surface area contributed by atoms with Crippen LogP contribution in [0.2, 0.25) is 5.02 Å². The van der Waals surface area contributed by atoms with Crippen LogP contribution in [0, 0.1) is 13.8 Å². The second-order valence-corrected chi connectivity index (χ2v) is 9.10. The third kappa shape index (κ3) is 4.46. The molecular weight excluding hydrogens is 434 g/mol. The lowest BCUT2D eigenvalue weighted by molar-refractivity contribution is -0.117. The van der Waals surface area contributed by atoms with Crippen LogP contribution in [-0.2, 0) is 11.3 Å². The van der Waals surface area contributed by atoms with Gasteiger partial charge in [-0.05, 0) is 73.5 Å². The molecule has 0 aliphatic carbocycles. The Hall–Kier alpha value is -3.31. The zero-order chi connectivity index (χ0) is 22.9. The second-order valence-electron chi connectivity index (χ2n) is 8.66. The molecule has 3 aromatic carbocycles. The maximum atomic E-state index is 12.9. The molecule has 1 amide bonds. The third-order valence-corrected chi connectivity index (χ3v) is 6.34. The van der Waals surface area contributed by atoms with Gasteiger partial charge in [0.1, 0.15) is 18.2 Å². The van der Waals surface area contributed by atoms with Crippen LogP contribution in [0.15, 0.2) is 66.7 Å². The number of anilines is 1. The van der Waals surface area contributed by atoms with Crippen LogP contribution >= 0.6 is 11.6 Å². The molecule has 0 saturated carbocycles.